The second-order valence-corrected chi connectivity index (χ2v) is 6.31. The van der Waals surface area contributed by atoms with E-state index in [0.29, 0.717) is 29.3 Å². The maximum absolute atomic E-state index is 12.1. The molecule has 2 heterocycles. The predicted molar refractivity (Wildman–Crippen MR) is 105 cm³/mol. The third-order valence-electron chi connectivity index (χ3n) is 4.19. The number of rotatable bonds is 6. The van der Waals surface area contributed by atoms with Gasteiger partial charge in [-0.15, -0.1) is 0 Å². The third-order valence-corrected chi connectivity index (χ3v) is 4.19. The fourth-order valence-electron chi connectivity index (χ4n) is 2.75. The highest BCUT2D eigenvalue weighted by atomic mass is 16.1. The average Bonchev–Trinajstić information content (AvgIpc) is 3.37. The van der Waals surface area contributed by atoms with E-state index in [4.69, 9.17) is 5.73 Å². The van der Waals surface area contributed by atoms with Crippen molar-refractivity contribution in [1.82, 2.24) is 30.3 Å². The number of carbonyl (C=O) groups is 1. The molecular weight excluding hydrogens is 354 g/mol. The SMILES string of the molecule is Nc1ccc(C(=O)NCc2nc(Cc3cnn(-c4ccccc4)c3)n[nH]2)cc1. The van der Waals surface area contributed by atoms with Crippen LogP contribution in [0.4, 0.5) is 5.69 Å². The normalized spacial score (nSPS) is 10.7. The van der Waals surface area contributed by atoms with Crippen LogP contribution in [0.15, 0.2) is 67.0 Å². The van der Waals surface area contributed by atoms with Gasteiger partial charge in [-0.1, -0.05) is 18.2 Å². The highest BCUT2D eigenvalue weighted by Crippen LogP contribution is 2.10. The summed E-state index contributed by atoms with van der Waals surface area (Å²) >= 11 is 0. The molecule has 2 aromatic heterocycles. The fourth-order valence-corrected chi connectivity index (χ4v) is 2.75. The van der Waals surface area contributed by atoms with Crippen molar-refractivity contribution in [3.63, 3.8) is 0 Å². The first-order valence-corrected chi connectivity index (χ1v) is 8.80. The van der Waals surface area contributed by atoms with Crippen molar-refractivity contribution in [3.05, 3.63) is 89.8 Å². The number of anilines is 1. The molecule has 0 aliphatic carbocycles. The molecule has 4 rings (SSSR count). The Morgan fingerprint density at radius 1 is 1.11 bits per heavy atom. The highest BCUT2D eigenvalue weighted by molar-refractivity contribution is 5.94. The van der Waals surface area contributed by atoms with E-state index in [1.165, 1.54) is 0 Å². The lowest BCUT2D eigenvalue weighted by Gasteiger charge is -2.03. The number of aromatic amines is 1. The van der Waals surface area contributed by atoms with Crippen LogP contribution in [-0.2, 0) is 13.0 Å². The van der Waals surface area contributed by atoms with E-state index in [1.807, 2.05) is 41.2 Å². The molecule has 0 saturated heterocycles. The minimum absolute atomic E-state index is 0.193. The minimum atomic E-state index is -0.193. The lowest BCUT2D eigenvalue weighted by molar-refractivity contribution is 0.0950. The second-order valence-electron chi connectivity index (χ2n) is 6.31. The number of hydrogen-bond donors (Lipinski definition) is 3. The molecule has 0 saturated carbocycles. The summed E-state index contributed by atoms with van der Waals surface area (Å²) in [5.41, 5.74) is 8.79. The van der Waals surface area contributed by atoms with Crippen LogP contribution < -0.4 is 11.1 Å². The number of hydrogen-bond acceptors (Lipinski definition) is 5. The van der Waals surface area contributed by atoms with Crippen molar-refractivity contribution in [2.24, 2.45) is 0 Å². The van der Waals surface area contributed by atoms with Gasteiger partial charge < -0.3 is 11.1 Å². The summed E-state index contributed by atoms with van der Waals surface area (Å²) in [6.07, 6.45) is 4.30. The van der Waals surface area contributed by atoms with Gasteiger partial charge in [-0.3, -0.25) is 9.89 Å². The summed E-state index contributed by atoms with van der Waals surface area (Å²) in [6.45, 7) is 0.263. The fraction of sp³-hybridized carbons (Fsp3) is 0.100. The first-order chi connectivity index (χ1) is 13.7. The standard InChI is InChI=1S/C20H19N7O/c21-16-8-6-15(7-9-16)20(28)22-12-19-24-18(25-26-19)10-14-11-23-27(13-14)17-4-2-1-3-5-17/h1-9,11,13H,10,12,21H2,(H,22,28)(H,24,25,26). The lowest BCUT2D eigenvalue weighted by atomic mass is 10.2. The van der Waals surface area contributed by atoms with Crippen molar-refractivity contribution in [1.29, 1.82) is 0 Å². The van der Waals surface area contributed by atoms with E-state index in [2.05, 4.69) is 25.6 Å². The molecule has 8 heteroatoms. The molecule has 1 amide bonds. The van der Waals surface area contributed by atoms with Crippen LogP contribution in [0.25, 0.3) is 5.69 Å². The zero-order valence-electron chi connectivity index (χ0n) is 15.0. The first-order valence-electron chi connectivity index (χ1n) is 8.80. The molecule has 0 atom stereocenters. The smallest absolute Gasteiger partial charge is 0.251 e. The molecule has 0 aliphatic heterocycles. The topological polar surface area (TPSA) is 115 Å². The van der Waals surface area contributed by atoms with Crippen molar-refractivity contribution in [3.8, 4) is 5.69 Å². The zero-order valence-corrected chi connectivity index (χ0v) is 15.0. The molecule has 0 radical (unpaired) electrons. The van der Waals surface area contributed by atoms with Crippen LogP contribution in [0, 0.1) is 0 Å². The third kappa shape index (κ3) is 4.07. The van der Waals surface area contributed by atoms with Gasteiger partial charge >= 0.3 is 0 Å². The van der Waals surface area contributed by atoms with Crippen LogP contribution >= 0.6 is 0 Å². The molecule has 0 aliphatic rings. The Morgan fingerprint density at radius 2 is 1.89 bits per heavy atom. The lowest BCUT2D eigenvalue weighted by Crippen LogP contribution is -2.23. The van der Waals surface area contributed by atoms with Gasteiger partial charge in [-0.05, 0) is 42.0 Å². The van der Waals surface area contributed by atoms with Gasteiger partial charge in [-0.25, -0.2) is 9.67 Å². The van der Waals surface area contributed by atoms with Gasteiger partial charge in [0.15, 0.2) is 5.82 Å². The van der Waals surface area contributed by atoms with E-state index < -0.39 is 0 Å². The maximum atomic E-state index is 12.1. The summed E-state index contributed by atoms with van der Waals surface area (Å²) < 4.78 is 1.82. The number of amides is 1. The molecule has 4 aromatic rings. The van der Waals surface area contributed by atoms with Crippen molar-refractivity contribution in [2.75, 3.05) is 5.73 Å². The summed E-state index contributed by atoms with van der Waals surface area (Å²) in [5, 5.41) is 14.3. The summed E-state index contributed by atoms with van der Waals surface area (Å²) in [4.78, 5) is 16.6. The molecule has 4 N–H and O–H groups in total. The van der Waals surface area contributed by atoms with Crippen LogP contribution in [0.5, 0.6) is 0 Å². The van der Waals surface area contributed by atoms with E-state index >= 15 is 0 Å². The number of H-pyrrole nitrogens is 1. The Balaban J connectivity index is 1.35. The molecule has 8 nitrogen and oxygen atoms in total. The number of nitrogens with one attached hydrogen (secondary N) is 2. The molecule has 0 bridgehead atoms. The highest BCUT2D eigenvalue weighted by Gasteiger charge is 2.09. The number of para-hydroxylation sites is 1. The molecule has 0 spiro atoms. The number of nitrogen functional groups attached to an aromatic ring is 1. The van der Waals surface area contributed by atoms with Gasteiger partial charge in [0.05, 0.1) is 18.4 Å². The summed E-state index contributed by atoms with van der Waals surface area (Å²) in [5.74, 6) is 1.04. The number of aromatic nitrogens is 5. The van der Waals surface area contributed by atoms with Gasteiger partial charge in [0.25, 0.3) is 5.91 Å². The van der Waals surface area contributed by atoms with Crippen LogP contribution in [-0.4, -0.2) is 30.9 Å². The van der Waals surface area contributed by atoms with E-state index in [1.54, 1.807) is 30.5 Å². The van der Waals surface area contributed by atoms with E-state index in [-0.39, 0.29) is 12.5 Å². The minimum Gasteiger partial charge on any atom is -0.399 e. The van der Waals surface area contributed by atoms with Crippen molar-refractivity contribution >= 4 is 11.6 Å². The molecular formula is C20H19N7O. The quantitative estimate of drug-likeness (QED) is 0.448. The average molecular weight is 373 g/mol. The Bertz CT molecular complexity index is 1070. The van der Waals surface area contributed by atoms with Gasteiger partial charge in [0.1, 0.15) is 5.82 Å². The Hall–Kier alpha value is -3.94. The van der Waals surface area contributed by atoms with Crippen molar-refractivity contribution in [2.45, 2.75) is 13.0 Å². The number of nitrogens with two attached hydrogens (primary N) is 1. The summed E-state index contributed by atoms with van der Waals surface area (Å²) in [6, 6.07) is 16.6. The molecule has 0 unspecified atom stereocenters. The molecule has 0 fully saturated rings. The van der Waals surface area contributed by atoms with Crippen molar-refractivity contribution < 1.29 is 4.79 Å². The Labute approximate surface area is 161 Å². The van der Waals surface area contributed by atoms with Gasteiger partial charge in [0.2, 0.25) is 0 Å². The van der Waals surface area contributed by atoms with E-state index in [0.717, 1.165) is 11.3 Å². The largest absolute Gasteiger partial charge is 0.399 e. The molecule has 2 aromatic carbocycles. The van der Waals surface area contributed by atoms with Crippen LogP contribution in [0.2, 0.25) is 0 Å². The summed E-state index contributed by atoms with van der Waals surface area (Å²) in [7, 11) is 0. The zero-order chi connectivity index (χ0) is 19.3. The van der Waals surface area contributed by atoms with Gasteiger partial charge in [0, 0.05) is 23.9 Å². The Kier molecular flexibility index (Phi) is 4.83. The predicted octanol–water partition coefficient (Wildman–Crippen LogP) is 2.09. The maximum Gasteiger partial charge on any atom is 0.251 e. The van der Waals surface area contributed by atoms with Crippen LogP contribution in [0.1, 0.15) is 27.6 Å². The number of benzene rings is 2. The Morgan fingerprint density at radius 3 is 2.68 bits per heavy atom. The van der Waals surface area contributed by atoms with Gasteiger partial charge in [-0.2, -0.15) is 10.2 Å². The van der Waals surface area contributed by atoms with E-state index in [9.17, 15) is 4.79 Å². The van der Waals surface area contributed by atoms with Crippen LogP contribution in [0.3, 0.4) is 0 Å². The first kappa shape index (κ1) is 17.5. The molecule has 140 valence electrons. The molecule has 28 heavy (non-hydrogen) atoms. The number of carbonyl (C=O) groups excluding carboxylic acids is 1. The monoisotopic (exact) mass is 373 g/mol. The second kappa shape index (κ2) is 7.75. The number of nitrogens with zero attached hydrogens (tertiary/aromatic N) is 4.